The van der Waals surface area contributed by atoms with Crippen molar-refractivity contribution in [3.8, 4) is 0 Å². The molecule has 0 aromatic carbocycles. The summed E-state index contributed by atoms with van der Waals surface area (Å²) in [5.74, 6) is -0.871. The Labute approximate surface area is 97.9 Å². The van der Waals surface area contributed by atoms with Gasteiger partial charge in [-0.25, -0.2) is 0 Å². The van der Waals surface area contributed by atoms with Crippen LogP contribution < -0.4 is 0 Å². The van der Waals surface area contributed by atoms with Crippen molar-refractivity contribution in [3.05, 3.63) is 0 Å². The molecule has 1 rings (SSSR count). The quantitative estimate of drug-likeness (QED) is 0.780. The summed E-state index contributed by atoms with van der Waals surface area (Å²) in [5, 5.41) is 20.0. The zero-order valence-electron chi connectivity index (χ0n) is 10.7. The van der Waals surface area contributed by atoms with Crippen molar-refractivity contribution in [3.63, 3.8) is 0 Å². The van der Waals surface area contributed by atoms with Crippen LogP contribution >= 0.6 is 0 Å². The zero-order valence-corrected chi connectivity index (χ0v) is 10.7. The van der Waals surface area contributed by atoms with E-state index in [1.165, 1.54) is 0 Å². The lowest BCUT2D eigenvalue weighted by Gasteiger charge is -2.45. The first-order valence-electron chi connectivity index (χ1n) is 6.24. The Morgan fingerprint density at radius 3 is 2.31 bits per heavy atom. The van der Waals surface area contributed by atoms with E-state index < -0.39 is 17.5 Å². The predicted octanol–water partition coefficient (Wildman–Crippen LogP) is 2.53. The smallest absolute Gasteiger partial charge is 0.309 e. The molecule has 2 N–H and O–H groups in total. The van der Waals surface area contributed by atoms with E-state index in [0.29, 0.717) is 12.3 Å². The minimum atomic E-state index is -1.02. The van der Waals surface area contributed by atoms with Gasteiger partial charge in [-0.05, 0) is 37.0 Å². The molecule has 0 aromatic heterocycles. The average Bonchev–Trinajstić information content (AvgIpc) is 2.11. The third-order valence-corrected chi connectivity index (χ3v) is 4.12. The van der Waals surface area contributed by atoms with Gasteiger partial charge in [-0.1, -0.05) is 27.7 Å². The molecule has 1 aliphatic carbocycles. The standard InChI is InChI=1S/C13H24O3/c1-8(2)11(12(14)15)13(16)6-5-9(3)7-10(13)4/h8-11,16H,5-7H2,1-4H3,(H,14,15). The minimum absolute atomic E-state index is 0.0293. The van der Waals surface area contributed by atoms with Gasteiger partial charge >= 0.3 is 5.97 Å². The average molecular weight is 228 g/mol. The van der Waals surface area contributed by atoms with Gasteiger partial charge in [-0.2, -0.15) is 0 Å². The fraction of sp³-hybridized carbons (Fsp3) is 0.923. The highest BCUT2D eigenvalue weighted by Crippen LogP contribution is 2.43. The Balaban J connectivity index is 2.93. The largest absolute Gasteiger partial charge is 0.481 e. The lowest BCUT2D eigenvalue weighted by atomic mass is 9.64. The zero-order chi connectivity index (χ0) is 12.5. The fourth-order valence-corrected chi connectivity index (χ4v) is 3.19. The molecule has 4 unspecified atom stereocenters. The molecule has 0 radical (unpaired) electrons. The number of aliphatic carboxylic acids is 1. The van der Waals surface area contributed by atoms with Gasteiger partial charge in [-0.3, -0.25) is 4.79 Å². The summed E-state index contributed by atoms with van der Waals surface area (Å²) in [4.78, 5) is 11.3. The van der Waals surface area contributed by atoms with E-state index in [1.807, 2.05) is 20.8 Å². The number of rotatable bonds is 3. The molecule has 1 fully saturated rings. The van der Waals surface area contributed by atoms with Crippen LogP contribution in [-0.2, 0) is 4.79 Å². The van der Waals surface area contributed by atoms with Gasteiger partial charge in [0.05, 0.1) is 11.5 Å². The molecule has 1 aliphatic rings. The lowest BCUT2D eigenvalue weighted by molar-refractivity contribution is -0.167. The van der Waals surface area contributed by atoms with Gasteiger partial charge in [0, 0.05) is 0 Å². The van der Waals surface area contributed by atoms with Crippen LogP contribution in [0.15, 0.2) is 0 Å². The van der Waals surface area contributed by atoms with E-state index in [-0.39, 0.29) is 11.8 Å². The van der Waals surface area contributed by atoms with Gasteiger partial charge in [0.25, 0.3) is 0 Å². The monoisotopic (exact) mass is 228 g/mol. The van der Waals surface area contributed by atoms with Crippen LogP contribution in [0.5, 0.6) is 0 Å². The normalized spacial score (nSPS) is 37.4. The molecular formula is C13H24O3. The lowest BCUT2D eigenvalue weighted by Crippen LogP contribution is -2.52. The summed E-state index contributed by atoms with van der Waals surface area (Å²) in [6.07, 6.45) is 2.47. The topological polar surface area (TPSA) is 57.5 Å². The van der Waals surface area contributed by atoms with E-state index in [1.54, 1.807) is 0 Å². The van der Waals surface area contributed by atoms with Crippen LogP contribution in [0.4, 0.5) is 0 Å². The first kappa shape index (κ1) is 13.5. The Morgan fingerprint density at radius 1 is 1.38 bits per heavy atom. The minimum Gasteiger partial charge on any atom is -0.481 e. The maximum Gasteiger partial charge on any atom is 0.309 e. The van der Waals surface area contributed by atoms with Gasteiger partial charge in [0.15, 0.2) is 0 Å². The summed E-state index contributed by atoms with van der Waals surface area (Å²) >= 11 is 0. The van der Waals surface area contributed by atoms with Crippen LogP contribution in [0.3, 0.4) is 0 Å². The molecule has 0 aliphatic heterocycles. The van der Waals surface area contributed by atoms with Gasteiger partial charge in [-0.15, -0.1) is 0 Å². The Hall–Kier alpha value is -0.570. The molecule has 0 amide bonds. The van der Waals surface area contributed by atoms with Crippen LogP contribution in [0, 0.1) is 23.7 Å². The Kier molecular flexibility index (Phi) is 4.00. The van der Waals surface area contributed by atoms with Crippen molar-refractivity contribution in [2.75, 3.05) is 0 Å². The first-order chi connectivity index (χ1) is 7.29. The van der Waals surface area contributed by atoms with E-state index in [0.717, 1.165) is 12.8 Å². The summed E-state index contributed by atoms with van der Waals surface area (Å²) < 4.78 is 0. The van der Waals surface area contributed by atoms with Crippen molar-refractivity contribution in [1.82, 2.24) is 0 Å². The number of carboxylic acid groups (broad SMARTS) is 1. The van der Waals surface area contributed by atoms with E-state index >= 15 is 0 Å². The van der Waals surface area contributed by atoms with Crippen molar-refractivity contribution in [2.24, 2.45) is 23.7 Å². The third kappa shape index (κ3) is 2.40. The van der Waals surface area contributed by atoms with Crippen LogP contribution in [0.2, 0.25) is 0 Å². The SMILES string of the molecule is CC1CCC(O)(C(C(=O)O)C(C)C)C(C)C1. The fourth-order valence-electron chi connectivity index (χ4n) is 3.19. The highest BCUT2D eigenvalue weighted by Gasteiger charge is 2.49. The molecule has 0 spiro atoms. The van der Waals surface area contributed by atoms with Crippen molar-refractivity contribution in [1.29, 1.82) is 0 Å². The second-order valence-electron chi connectivity index (χ2n) is 5.83. The highest BCUT2D eigenvalue weighted by atomic mass is 16.4. The number of aliphatic hydroxyl groups is 1. The van der Waals surface area contributed by atoms with Crippen molar-refractivity contribution < 1.29 is 15.0 Å². The molecule has 3 nitrogen and oxygen atoms in total. The molecule has 0 aromatic rings. The molecule has 0 saturated heterocycles. The second kappa shape index (κ2) is 4.74. The summed E-state index contributed by atoms with van der Waals surface area (Å²) in [6.45, 7) is 7.90. The van der Waals surface area contributed by atoms with E-state index in [9.17, 15) is 15.0 Å². The molecule has 1 saturated carbocycles. The Morgan fingerprint density at radius 2 is 1.94 bits per heavy atom. The van der Waals surface area contributed by atoms with Gasteiger partial charge in [0.1, 0.15) is 0 Å². The summed E-state index contributed by atoms with van der Waals surface area (Å²) in [7, 11) is 0. The number of carbonyl (C=O) groups is 1. The number of hydrogen-bond acceptors (Lipinski definition) is 2. The molecule has 3 heteroatoms. The molecule has 0 heterocycles. The van der Waals surface area contributed by atoms with Crippen molar-refractivity contribution in [2.45, 2.75) is 52.6 Å². The third-order valence-electron chi connectivity index (χ3n) is 4.12. The maximum atomic E-state index is 11.3. The van der Waals surface area contributed by atoms with Crippen LogP contribution in [0.1, 0.15) is 47.0 Å². The molecule has 16 heavy (non-hydrogen) atoms. The van der Waals surface area contributed by atoms with Gasteiger partial charge < -0.3 is 10.2 Å². The summed E-state index contributed by atoms with van der Waals surface area (Å²) in [5.41, 5.74) is -1.02. The van der Waals surface area contributed by atoms with Crippen molar-refractivity contribution >= 4 is 5.97 Å². The number of carboxylic acids is 1. The summed E-state index contributed by atoms with van der Waals surface area (Å²) in [6, 6.07) is 0. The van der Waals surface area contributed by atoms with Crippen LogP contribution in [-0.4, -0.2) is 21.8 Å². The van der Waals surface area contributed by atoms with E-state index in [2.05, 4.69) is 6.92 Å². The molecular weight excluding hydrogens is 204 g/mol. The number of hydrogen-bond donors (Lipinski definition) is 2. The van der Waals surface area contributed by atoms with Crippen LogP contribution in [0.25, 0.3) is 0 Å². The Bertz CT molecular complexity index is 262. The maximum absolute atomic E-state index is 11.3. The predicted molar refractivity (Wildman–Crippen MR) is 63.1 cm³/mol. The van der Waals surface area contributed by atoms with E-state index in [4.69, 9.17) is 0 Å². The second-order valence-corrected chi connectivity index (χ2v) is 5.83. The molecule has 4 atom stereocenters. The van der Waals surface area contributed by atoms with Gasteiger partial charge in [0.2, 0.25) is 0 Å². The molecule has 0 bridgehead atoms. The molecule has 94 valence electrons. The first-order valence-corrected chi connectivity index (χ1v) is 6.24. The highest BCUT2D eigenvalue weighted by molar-refractivity contribution is 5.72.